The van der Waals surface area contributed by atoms with Crippen molar-refractivity contribution in [1.82, 2.24) is 5.32 Å². The van der Waals surface area contributed by atoms with Crippen molar-refractivity contribution in [2.75, 3.05) is 6.54 Å². The summed E-state index contributed by atoms with van der Waals surface area (Å²) in [7, 11) is 0. The van der Waals surface area contributed by atoms with Crippen LogP contribution in [0, 0.1) is 0 Å². The number of hydrogen-bond donors (Lipinski definition) is 1. The number of halogens is 1. The highest BCUT2D eigenvalue weighted by Gasteiger charge is 2.04. The average molecular weight is 250 g/mol. The molecule has 0 fully saturated rings. The molecule has 0 spiro atoms. The van der Waals surface area contributed by atoms with E-state index in [1.165, 1.54) is 0 Å². The van der Waals surface area contributed by atoms with Crippen molar-refractivity contribution in [2.45, 2.75) is 50.8 Å². The van der Waals surface area contributed by atoms with Crippen molar-refractivity contribution in [3.8, 4) is 0 Å². The monoisotopic (exact) mass is 249 g/mol. The summed E-state index contributed by atoms with van der Waals surface area (Å²) in [6, 6.07) is 0. The fraction of sp³-hybridized carbons (Fsp3) is 0.900. The van der Waals surface area contributed by atoms with Crippen molar-refractivity contribution >= 4 is 21.8 Å². The lowest BCUT2D eigenvalue weighted by molar-refractivity contribution is -0.121. The Labute approximate surface area is 89.6 Å². The first kappa shape index (κ1) is 12.9. The average Bonchev–Trinajstić information content (AvgIpc) is 2.12. The summed E-state index contributed by atoms with van der Waals surface area (Å²) in [6.07, 6.45) is 5.02. The van der Waals surface area contributed by atoms with E-state index in [9.17, 15) is 4.79 Å². The first-order valence-electron chi connectivity index (χ1n) is 5.11. The van der Waals surface area contributed by atoms with Gasteiger partial charge >= 0.3 is 0 Å². The number of carbonyl (C=O) groups is 1. The molecule has 3 heteroatoms. The minimum atomic E-state index is 0.183. The lowest BCUT2D eigenvalue weighted by Gasteiger charge is -2.09. The lowest BCUT2D eigenvalue weighted by atomic mass is 10.2. The molecule has 0 aliphatic carbocycles. The second-order valence-corrected chi connectivity index (χ2v) is 4.59. The van der Waals surface area contributed by atoms with Crippen molar-refractivity contribution < 1.29 is 4.79 Å². The molecule has 0 aromatic carbocycles. The molecule has 1 N–H and O–H groups in total. The fourth-order valence-corrected chi connectivity index (χ4v) is 1.69. The zero-order chi connectivity index (χ0) is 10.1. The molecule has 1 atom stereocenters. The predicted molar refractivity (Wildman–Crippen MR) is 60.2 cm³/mol. The Balaban J connectivity index is 3.34. The van der Waals surface area contributed by atoms with E-state index in [-0.39, 0.29) is 5.91 Å². The Morgan fingerprint density at radius 3 is 2.62 bits per heavy atom. The van der Waals surface area contributed by atoms with E-state index in [2.05, 4.69) is 35.1 Å². The Morgan fingerprint density at radius 2 is 2.08 bits per heavy atom. The number of carbonyl (C=O) groups excluding carboxylic acids is 1. The van der Waals surface area contributed by atoms with Gasteiger partial charge in [0, 0.05) is 17.8 Å². The summed E-state index contributed by atoms with van der Waals surface area (Å²) >= 11 is 3.52. The van der Waals surface area contributed by atoms with Gasteiger partial charge in [0.2, 0.25) is 5.91 Å². The quantitative estimate of drug-likeness (QED) is 0.691. The molecule has 2 nitrogen and oxygen atoms in total. The zero-order valence-corrected chi connectivity index (χ0v) is 10.2. The van der Waals surface area contributed by atoms with Gasteiger partial charge in [-0.2, -0.15) is 0 Å². The summed E-state index contributed by atoms with van der Waals surface area (Å²) in [5, 5.41) is 2.92. The van der Waals surface area contributed by atoms with Gasteiger partial charge < -0.3 is 5.32 Å². The zero-order valence-electron chi connectivity index (χ0n) is 8.61. The highest BCUT2D eigenvalue weighted by molar-refractivity contribution is 9.09. The fourth-order valence-electron chi connectivity index (χ4n) is 1.07. The molecule has 0 aromatic heterocycles. The maximum atomic E-state index is 11.2. The molecule has 0 aliphatic rings. The summed E-state index contributed by atoms with van der Waals surface area (Å²) in [5.74, 6) is 0.183. The van der Waals surface area contributed by atoms with Gasteiger partial charge in [0.25, 0.3) is 0 Å². The Hall–Kier alpha value is -0.0500. The first-order chi connectivity index (χ1) is 6.20. The van der Waals surface area contributed by atoms with Crippen LogP contribution in [0.15, 0.2) is 0 Å². The van der Waals surface area contributed by atoms with Crippen molar-refractivity contribution in [2.24, 2.45) is 0 Å². The van der Waals surface area contributed by atoms with Crippen LogP contribution < -0.4 is 5.32 Å². The van der Waals surface area contributed by atoms with Crippen molar-refractivity contribution in [3.05, 3.63) is 0 Å². The molecule has 1 amide bonds. The van der Waals surface area contributed by atoms with E-state index in [4.69, 9.17) is 0 Å². The molecule has 0 rings (SSSR count). The molecule has 0 heterocycles. The van der Waals surface area contributed by atoms with Crippen LogP contribution in [0.3, 0.4) is 0 Å². The van der Waals surface area contributed by atoms with Crippen molar-refractivity contribution in [1.29, 1.82) is 0 Å². The van der Waals surface area contributed by atoms with Gasteiger partial charge in [-0.1, -0.05) is 42.6 Å². The van der Waals surface area contributed by atoms with Crippen LogP contribution in [0.5, 0.6) is 0 Å². The van der Waals surface area contributed by atoms with Crippen LogP contribution in [0.2, 0.25) is 0 Å². The standard InChI is InChI=1S/C10H20BrNO/c1-3-5-7-10(13)12-8-9(11)6-4-2/h9H,3-8H2,1-2H3,(H,12,13). The Kier molecular flexibility index (Phi) is 8.51. The van der Waals surface area contributed by atoms with E-state index in [0.717, 1.165) is 32.2 Å². The second kappa shape index (κ2) is 8.54. The third-order valence-electron chi connectivity index (χ3n) is 1.88. The number of hydrogen-bond acceptors (Lipinski definition) is 1. The molecule has 0 aromatic rings. The molecule has 1 unspecified atom stereocenters. The van der Waals surface area contributed by atoms with Gasteiger partial charge in [-0.25, -0.2) is 0 Å². The van der Waals surface area contributed by atoms with E-state index in [0.29, 0.717) is 11.2 Å². The van der Waals surface area contributed by atoms with E-state index in [1.807, 2.05) is 0 Å². The lowest BCUT2D eigenvalue weighted by Crippen LogP contribution is -2.29. The van der Waals surface area contributed by atoms with Crippen LogP contribution in [0.25, 0.3) is 0 Å². The summed E-state index contributed by atoms with van der Waals surface area (Å²) in [4.78, 5) is 11.6. The van der Waals surface area contributed by atoms with Crippen molar-refractivity contribution in [3.63, 3.8) is 0 Å². The molecule has 0 bridgehead atoms. The SMILES string of the molecule is CCCCC(=O)NCC(Br)CCC. The van der Waals surface area contributed by atoms with Crippen LogP contribution in [0.4, 0.5) is 0 Å². The number of unbranched alkanes of at least 4 members (excludes halogenated alkanes) is 1. The predicted octanol–water partition coefficient (Wildman–Crippen LogP) is 2.86. The van der Waals surface area contributed by atoms with Gasteiger partial charge in [-0.3, -0.25) is 4.79 Å². The molecule has 0 saturated carbocycles. The Bertz CT molecular complexity index is 139. The van der Waals surface area contributed by atoms with Gasteiger partial charge in [-0.15, -0.1) is 0 Å². The van der Waals surface area contributed by atoms with Crippen LogP contribution in [0.1, 0.15) is 46.0 Å². The van der Waals surface area contributed by atoms with E-state index in [1.54, 1.807) is 0 Å². The maximum Gasteiger partial charge on any atom is 0.220 e. The van der Waals surface area contributed by atoms with Gasteiger partial charge in [0.05, 0.1) is 0 Å². The Morgan fingerprint density at radius 1 is 1.38 bits per heavy atom. The largest absolute Gasteiger partial charge is 0.355 e. The minimum absolute atomic E-state index is 0.183. The topological polar surface area (TPSA) is 29.1 Å². The van der Waals surface area contributed by atoms with Gasteiger partial charge in [-0.05, 0) is 12.8 Å². The van der Waals surface area contributed by atoms with Crippen LogP contribution in [-0.2, 0) is 4.79 Å². The smallest absolute Gasteiger partial charge is 0.220 e. The number of amides is 1. The molecule has 78 valence electrons. The van der Waals surface area contributed by atoms with Gasteiger partial charge in [0.1, 0.15) is 0 Å². The summed E-state index contributed by atoms with van der Waals surface area (Å²) in [6.45, 7) is 5.00. The highest BCUT2D eigenvalue weighted by Crippen LogP contribution is 2.06. The molecule has 0 radical (unpaired) electrons. The van der Waals surface area contributed by atoms with E-state index < -0.39 is 0 Å². The molecular formula is C10H20BrNO. The normalized spacial score (nSPS) is 12.5. The maximum absolute atomic E-state index is 11.2. The summed E-state index contributed by atoms with van der Waals surface area (Å²) < 4.78 is 0. The number of rotatable bonds is 7. The highest BCUT2D eigenvalue weighted by atomic mass is 79.9. The number of alkyl halides is 1. The third kappa shape index (κ3) is 8.28. The van der Waals surface area contributed by atoms with Gasteiger partial charge in [0.15, 0.2) is 0 Å². The minimum Gasteiger partial charge on any atom is -0.355 e. The molecule has 0 saturated heterocycles. The molecular weight excluding hydrogens is 230 g/mol. The summed E-state index contributed by atoms with van der Waals surface area (Å²) in [5.41, 5.74) is 0. The number of nitrogens with one attached hydrogen (secondary N) is 1. The van der Waals surface area contributed by atoms with E-state index >= 15 is 0 Å². The second-order valence-electron chi connectivity index (χ2n) is 3.29. The molecule has 0 aliphatic heterocycles. The van der Waals surface area contributed by atoms with Crippen LogP contribution >= 0.6 is 15.9 Å². The first-order valence-corrected chi connectivity index (χ1v) is 6.03. The van der Waals surface area contributed by atoms with Crippen LogP contribution in [-0.4, -0.2) is 17.3 Å². The third-order valence-corrected chi connectivity index (χ3v) is 2.66. The molecule has 13 heavy (non-hydrogen) atoms.